The predicted octanol–water partition coefficient (Wildman–Crippen LogP) is 1.75. The van der Waals surface area contributed by atoms with Gasteiger partial charge in [0.1, 0.15) is 0 Å². The number of ether oxygens (including phenoxy) is 1. The van der Waals surface area contributed by atoms with Crippen LogP contribution in [0.15, 0.2) is 18.2 Å². The minimum atomic E-state index is -0.506. The van der Waals surface area contributed by atoms with Crippen molar-refractivity contribution < 1.29 is 13.9 Å². The van der Waals surface area contributed by atoms with Crippen LogP contribution in [0.4, 0.5) is 4.39 Å². The molecule has 1 atom stereocenters. The van der Waals surface area contributed by atoms with Crippen LogP contribution in [0.1, 0.15) is 31.9 Å². The van der Waals surface area contributed by atoms with Gasteiger partial charge in [-0.1, -0.05) is 13.0 Å². The van der Waals surface area contributed by atoms with Gasteiger partial charge in [-0.25, -0.2) is 4.39 Å². The van der Waals surface area contributed by atoms with Crippen LogP contribution in [0.25, 0.3) is 0 Å². The molecule has 0 heterocycles. The number of benzene rings is 1. The van der Waals surface area contributed by atoms with Gasteiger partial charge < -0.3 is 15.8 Å². The van der Waals surface area contributed by atoms with Crippen LogP contribution in [-0.4, -0.2) is 19.1 Å². The molecule has 1 amide bonds. The highest BCUT2D eigenvalue weighted by molar-refractivity contribution is 5.77. The Balaban J connectivity index is 2.55. The van der Waals surface area contributed by atoms with E-state index in [4.69, 9.17) is 10.5 Å². The van der Waals surface area contributed by atoms with Gasteiger partial charge in [0.05, 0.1) is 0 Å². The number of carbonyl (C=O) groups excluding carboxylic acids is 1. The van der Waals surface area contributed by atoms with Crippen LogP contribution in [0.2, 0.25) is 0 Å². The fourth-order valence-corrected chi connectivity index (χ4v) is 1.38. The number of halogens is 1. The van der Waals surface area contributed by atoms with E-state index in [1.807, 2.05) is 6.92 Å². The van der Waals surface area contributed by atoms with Crippen molar-refractivity contribution in [3.63, 3.8) is 0 Å². The van der Waals surface area contributed by atoms with E-state index < -0.39 is 5.82 Å². The summed E-state index contributed by atoms with van der Waals surface area (Å²) in [6.07, 6.45) is 0.850. The zero-order chi connectivity index (χ0) is 13.5. The van der Waals surface area contributed by atoms with E-state index in [2.05, 4.69) is 5.32 Å². The predicted molar refractivity (Wildman–Crippen MR) is 67.8 cm³/mol. The number of amides is 1. The summed E-state index contributed by atoms with van der Waals surface area (Å²) in [5.41, 5.74) is 6.33. The molecule has 0 saturated heterocycles. The third-order valence-electron chi connectivity index (χ3n) is 2.41. The maximum absolute atomic E-state index is 13.6. The number of rotatable bonds is 6. The lowest BCUT2D eigenvalue weighted by molar-refractivity contribution is -0.123. The smallest absolute Gasteiger partial charge is 0.257 e. The van der Waals surface area contributed by atoms with E-state index >= 15 is 0 Å². The molecule has 0 radical (unpaired) electrons. The topological polar surface area (TPSA) is 64.3 Å². The van der Waals surface area contributed by atoms with Crippen molar-refractivity contribution in [2.75, 3.05) is 13.2 Å². The van der Waals surface area contributed by atoms with Crippen LogP contribution in [0, 0.1) is 5.82 Å². The fourth-order valence-electron chi connectivity index (χ4n) is 1.38. The molecule has 0 unspecified atom stereocenters. The van der Waals surface area contributed by atoms with E-state index in [9.17, 15) is 9.18 Å². The zero-order valence-electron chi connectivity index (χ0n) is 10.7. The molecule has 1 aromatic rings. The van der Waals surface area contributed by atoms with Crippen molar-refractivity contribution in [3.05, 3.63) is 29.6 Å². The quantitative estimate of drug-likeness (QED) is 0.813. The Morgan fingerprint density at radius 3 is 2.83 bits per heavy atom. The van der Waals surface area contributed by atoms with Crippen molar-refractivity contribution in [3.8, 4) is 5.75 Å². The largest absolute Gasteiger partial charge is 0.481 e. The molecule has 100 valence electrons. The maximum atomic E-state index is 13.6. The number of nitrogens with one attached hydrogen (secondary N) is 1. The number of hydrogen-bond donors (Lipinski definition) is 2. The summed E-state index contributed by atoms with van der Waals surface area (Å²) >= 11 is 0. The Bertz CT molecular complexity index is 408. The molecule has 0 bridgehead atoms. The second kappa shape index (κ2) is 6.96. The molecule has 0 aliphatic rings. The first-order valence-electron chi connectivity index (χ1n) is 5.99. The molecule has 0 fully saturated rings. The van der Waals surface area contributed by atoms with Gasteiger partial charge in [-0.2, -0.15) is 0 Å². The van der Waals surface area contributed by atoms with Gasteiger partial charge in [-0.15, -0.1) is 0 Å². The Kier molecular flexibility index (Phi) is 5.58. The van der Waals surface area contributed by atoms with E-state index in [1.165, 1.54) is 12.1 Å². The molecule has 1 aromatic carbocycles. The van der Waals surface area contributed by atoms with Crippen molar-refractivity contribution in [1.82, 2.24) is 5.32 Å². The molecule has 1 rings (SSSR count). The lowest BCUT2D eigenvalue weighted by Gasteiger charge is -2.10. The molecular formula is C13H19FN2O2. The van der Waals surface area contributed by atoms with Gasteiger partial charge in [0, 0.05) is 12.6 Å². The summed E-state index contributed by atoms with van der Waals surface area (Å²) in [5.74, 6) is -0.702. The summed E-state index contributed by atoms with van der Waals surface area (Å²) in [7, 11) is 0. The van der Waals surface area contributed by atoms with E-state index in [0.717, 1.165) is 6.42 Å². The Hall–Kier alpha value is -1.62. The monoisotopic (exact) mass is 254 g/mol. The highest BCUT2D eigenvalue weighted by atomic mass is 19.1. The highest BCUT2D eigenvalue weighted by Gasteiger charge is 2.09. The maximum Gasteiger partial charge on any atom is 0.257 e. The van der Waals surface area contributed by atoms with E-state index in [-0.39, 0.29) is 24.3 Å². The summed E-state index contributed by atoms with van der Waals surface area (Å²) < 4.78 is 18.7. The van der Waals surface area contributed by atoms with Crippen molar-refractivity contribution in [2.45, 2.75) is 26.3 Å². The van der Waals surface area contributed by atoms with Gasteiger partial charge in [-0.3, -0.25) is 4.79 Å². The third kappa shape index (κ3) is 4.33. The second-order valence-corrected chi connectivity index (χ2v) is 4.12. The van der Waals surface area contributed by atoms with Crippen molar-refractivity contribution in [1.29, 1.82) is 0 Å². The second-order valence-electron chi connectivity index (χ2n) is 4.12. The van der Waals surface area contributed by atoms with Crippen LogP contribution in [-0.2, 0) is 4.79 Å². The Labute approximate surface area is 106 Å². The van der Waals surface area contributed by atoms with Crippen LogP contribution in [0.3, 0.4) is 0 Å². The van der Waals surface area contributed by atoms with Crippen LogP contribution >= 0.6 is 0 Å². The first kappa shape index (κ1) is 14.4. The number of carbonyl (C=O) groups is 1. The first-order valence-corrected chi connectivity index (χ1v) is 5.99. The van der Waals surface area contributed by atoms with Crippen molar-refractivity contribution >= 4 is 5.91 Å². The van der Waals surface area contributed by atoms with Gasteiger partial charge in [0.25, 0.3) is 5.91 Å². The van der Waals surface area contributed by atoms with Crippen molar-refractivity contribution in [2.24, 2.45) is 5.73 Å². The van der Waals surface area contributed by atoms with E-state index in [1.54, 1.807) is 13.0 Å². The minimum absolute atomic E-state index is 0.0612. The molecular weight excluding hydrogens is 235 g/mol. The van der Waals surface area contributed by atoms with Gasteiger partial charge in [0.15, 0.2) is 18.2 Å². The average molecular weight is 254 g/mol. The Morgan fingerprint density at radius 1 is 1.56 bits per heavy atom. The fraction of sp³-hybridized carbons (Fsp3) is 0.462. The number of hydrogen-bond acceptors (Lipinski definition) is 3. The molecule has 0 aromatic heterocycles. The summed E-state index contributed by atoms with van der Waals surface area (Å²) in [5, 5.41) is 2.65. The van der Waals surface area contributed by atoms with Crippen LogP contribution in [0.5, 0.6) is 5.75 Å². The lowest BCUT2D eigenvalue weighted by atomic mass is 10.1. The SMILES string of the molecule is CCCNC(=O)COc1ccc([C@H](C)N)cc1F. The minimum Gasteiger partial charge on any atom is -0.481 e. The highest BCUT2D eigenvalue weighted by Crippen LogP contribution is 2.20. The summed E-state index contributed by atoms with van der Waals surface area (Å²) in [4.78, 5) is 11.3. The number of nitrogens with two attached hydrogens (primary N) is 1. The summed E-state index contributed by atoms with van der Waals surface area (Å²) in [6, 6.07) is 4.26. The average Bonchev–Trinajstić information content (AvgIpc) is 2.34. The Morgan fingerprint density at radius 2 is 2.28 bits per heavy atom. The molecule has 18 heavy (non-hydrogen) atoms. The van der Waals surface area contributed by atoms with Crippen LogP contribution < -0.4 is 15.8 Å². The normalized spacial score (nSPS) is 12.0. The molecule has 0 aliphatic heterocycles. The van der Waals surface area contributed by atoms with Gasteiger partial charge >= 0.3 is 0 Å². The molecule has 0 saturated carbocycles. The molecule has 5 heteroatoms. The van der Waals surface area contributed by atoms with Gasteiger partial charge in [-0.05, 0) is 31.0 Å². The molecule has 0 aliphatic carbocycles. The standard InChI is InChI=1S/C13H19FN2O2/c1-3-6-16-13(17)8-18-12-5-4-10(9(2)15)7-11(12)14/h4-5,7,9H,3,6,8,15H2,1-2H3,(H,16,17)/t9-/m0/s1. The molecule has 0 spiro atoms. The summed E-state index contributed by atoms with van der Waals surface area (Å²) in [6.45, 7) is 4.13. The van der Waals surface area contributed by atoms with Gasteiger partial charge in [0.2, 0.25) is 0 Å². The zero-order valence-corrected chi connectivity index (χ0v) is 10.7. The van der Waals surface area contributed by atoms with E-state index in [0.29, 0.717) is 12.1 Å². The third-order valence-corrected chi connectivity index (χ3v) is 2.41. The molecule has 3 N–H and O–H groups in total. The molecule has 4 nitrogen and oxygen atoms in total. The lowest BCUT2D eigenvalue weighted by Crippen LogP contribution is -2.29. The first-order chi connectivity index (χ1) is 8.54.